The highest BCUT2D eigenvalue weighted by Gasteiger charge is 2.31. The maximum absolute atomic E-state index is 13.2. The van der Waals surface area contributed by atoms with Crippen LogP contribution in [0, 0.1) is 5.82 Å². The normalized spacial score (nSPS) is 14.0. The number of hydrogen-bond acceptors (Lipinski definition) is 5. The molecule has 0 bridgehead atoms. The van der Waals surface area contributed by atoms with Crippen molar-refractivity contribution in [1.82, 2.24) is 9.88 Å². The van der Waals surface area contributed by atoms with Gasteiger partial charge in [0.1, 0.15) is 17.7 Å². The number of guanidine groups is 1. The van der Waals surface area contributed by atoms with Crippen molar-refractivity contribution in [2.45, 2.75) is 19.0 Å². The van der Waals surface area contributed by atoms with E-state index in [2.05, 4.69) is 20.6 Å². The molecule has 1 aliphatic heterocycles. The number of methoxy groups -OCH3 is 1. The Kier molecular flexibility index (Phi) is 8.61. The van der Waals surface area contributed by atoms with Gasteiger partial charge >= 0.3 is 0 Å². The summed E-state index contributed by atoms with van der Waals surface area (Å²) in [5.74, 6) is -0.423. The molecular weight excluding hydrogens is 554 g/mol. The van der Waals surface area contributed by atoms with Gasteiger partial charge in [0.25, 0.3) is 5.91 Å². The van der Waals surface area contributed by atoms with Crippen molar-refractivity contribution in [3.8, 4) is 16.9 Å². The predicted octanol–water partition coefficient (Wildman–Crippen LogP) is 5.49. The number of benzene rings is 3. The molecule has 5 rings (SSSR count). The summed E-state index contributed by atoms with van der Waals surface area (Å²) in [5.41, 5.74) is 10.1. The Morgan fingerprint density at radius 3 is 2.33 bits per heavy atom. The van der Waals surface area contributed by atoms with Gasteiger partial charge in [0.15, 0.2) is 11.8 Å². The zero-order valence-corrected chi connectivity index (χ0v) is 23.6. The van der Waals surface area contributed by atoms with E-state index >= 15 is 0 Å². The first-order chi connectivity index (χ1) is 20.7. The summed E-state index contributed by atoms with van der Waals surface area (Å²) in [6, 6.07) is 21.6. The Morgan fingerprint density at radius 1 is 1.00 bits per heavy atom. The third kappa shape index (κ3) is 6.95. The molecule has 2 amide bonds. The van der Waals surface area contributed by atoms with Crippen molar-refractivity contribution in [3.63, 3.8) is 0 Å². The number of nitrogens with zero attached hydrogens (tertiary/aromatic N) is 3. The molecule has 1 saturated heterocycles. The SMILES string of the molecule is COc1cc(C(=O)N2CC(F)C2)ccc1NC(N)=Nc1ccc(-c2ccc(NC(=O)[C@H](C)c3ccc(F)cc3)cc2)cn1. The largest absolute Gasteiger partial charge is 0.495 e. The molecule has 1 fully saturated rings. The smallest absolute Gasteiger partial charge is 0.254 e. The third-order valence-electron chi connectivity index (χ3n) is 7.07. The Hall–Kier alpha value is -5.32. The van der Waals surface area contributed by atoms with E-state index in [1.807, 2.05) is 18.2 Å². The quantitative estimate of drug-likeness (QED) is 0.186. The number of nitrogens with two attached hydrogens (primary N) is 1. The second-order valence-electron chi connectivity index (χ2n) is 10.1. The van der Waals surface area contributed by atoms with Crippen molar-refractivity contribution < 1.29 is 23.1 Å². The van der Waals surface area contributed by atoms with Crippen LogP contribution in [0.25, 0.3) is 11.1 Å². The van der Waals surface area contributed by atoms with Gasteiger partial charge in [-0.1, -0.05) is 24.3 Å². The molecule has 1 atom stereocenters. The second kappa shape index (κ2) is 12.7. The van der Waals surface area contributed by atoms with Gasteiger partial charge in [-0.15, -0.1) is 0 Å². The van der Waals surface area contributed by atoms with Crippen molar-refractivity contribution in [2.75, 3.05) is 30.8 Å². The Balaban J connectivity index is 1.19. The number of carbonyl (C=O) groups is 2. The van der Waals surface area contributed by atoms with Gasteiger partial charge in [0.05, 0.1) is 31.8 Å². The maximum atomic E-state index is 13.2. The lowest BCUT2D eigenvalue weighted by Gasteiger charge is -2.34. The number of carbonyl (C=O) groups excluding carboxylic acids is 2. The van der Waals surface area contributed by atoms with E-state index in [0.717, 1.165) is 16.7 Å². The number of aromatic nitrogens is 1. The van der Waals surface area contributed by atoms with Crippen LogP contribution in [0.1, 0.15) is 28.8 Å². The molecule has 0 unspecified atom stereocenters. The van der Waals surface area contributed by atoms with Crippen LogP contribution >= 0.6 is 0 Å². The minimum Gasteiger partial charge on any atom is -0.495 e. The second-order valence-corrected chi connectivity index (χ2v) is 10.1. The molecule has 11 heteroatoms. The van der Waals surface area contributed by atoms with Gasteiger partial charge in [0, 0.05) is 23.0 Å². The van der Waals surface area contributed by atoms with Crippen LogP contribution in [0.4, 0.5) is 26.0 Å². The summed E-state index contributed by atoms with van der Waals surface area (Å²) < 4.78 is 31.7. The number of ether oxygens (including phenoxy) is 1. The van der Waals surface area contributed by atoms with Crippen LogP contribution < -0.4 is 21.1 Å². The number of likely N-dealkylation sites (tertiary alicyclic amines) is 1. The van der Waals surface area contributed by atoms with Crippen molar-refractivity contribution in [1.29, 1.82) is 0 Å². The van der Waals surface area contributed by atoms with E-state index in [-0.39, 0.29) is 36.7 Å². The average molecular weight is 585 g/mol. The molecule has 2 heterocycles. The van der Waals surface area contributed by atoms with Crippen LogP contribution in [0.15, 0.2) is 90.1 Å². The van der Waals surface area contributed by atoms with Gasteiger partial charge in [-0.2, -0.15) is 4.99 Å². The monoisotopic (exact) mass is 584 g/mol. The fourth-order valence-corrected chi connectivity index (χ4v) is 4.51. The first-order valence-corrected chi connectivity index (χ1v) is 13.6. The summed E-state index contributed by atoms with van der Waals surface area (Å²) in [6.45, 7) is 1.95. The lowest BCUT2D eigenvalue weighted by Crippen LogP contribution is -2.51. The molecule has 4 N–H and O–H groups in total. The Bertz CT molecular complexity index is 1640. The topological polar surface area (TPSA) is 122 Å². The summed E-state index contributed by atoms with van der Waals surface area (Å²) in [7, 11) is 1.47. The fourth-order valence-electron chi connectivity index (χ4n) is 4.51. The predicted molar refractivity (Wildman–Crippen MR) is 162 cm³/mol. The number of rotatable bonds is 8. The average Bonchev–Trinajstić information content (AvgIpc) is 3.00. The third-order valence-corrected chi connectivity index (χ3v) is 7.07. The number of halogens is 2. The van der Waals surface area contributed by atoms with Crippen LogP contribution in [-0.4, -0.2) is 54.0 Å². The fraction of sp³-hybridized carbons (Fsp3) is 0.188. The molecule has 3 aromatic carbocycles. The van der Waals surface area contributed by atoms with Crippen LogP contribution in [0.2, 0.25) is 0 Å². The number of nitrogens with one attached hydrogen (secondary N) is 2. The molecule has 0 saturated carbocycles. The molecule has 0 radical (unpaired) electrons. The van der Waals surface area contributed by atoms with E-state index < -0.39 is 12.1 Å². The molecule has 220 valence electrons. The molecule has 1 aromatic heterocycles. The highest BCUT2D eigenvalue weighted by molar-refractivity contribution is 5.99. The molecule has 4 aromatic rings. The van der Waals surface area contributed by atoms with Crippen LogP contribution in [0.5, 0.6) is 5.75 Å². The lowest BCUT2D eigenvalue weighted by atomic mass is 10.00. The Labute approximate surface area is 247 Å². The number of hydrogen-bond donors (Lipinski definition) is 3. The maximum Gasteiger partial charge on any atom is 0.254 e. The van der Waals surface area contributed by atoms with Gasteiger partial charge in [-0.25, -0.2) is 13.8 Å². The molecule has 1 aliphatic rings. The standard InChI is InChI=1S/C32H30F2N6O3/c1-19(20-3-9-24(33)10-4-20)30(41)37-26-11-5-21(6-12-26)23-8-14-29(36-16-23)39-32(35)38-27-13-7-22(15-28(27)43-2)31(42)40-17-25(34)18-40/h3-16,19,25H,17-18H2,1-2H3,(H,37,41)(H3,35,36,38,39)/t19-/m1/s1. The number of aliphatic imine (C=N–C) groups is 1. The molecule has 0 aliphatic carbocycles. The van der Waals surface area contributed by atoms with Crippen molar-refractivity contribution in [2.24, 2.45) is 10.7 Å². The number of anilines is 2. The van der Waals surface area contributed by atoms with E-state index in [1.54, 1.807) is 61.7 Å². The summed E-state index contributed by atoms with van der Waals surface area (Å²) >= 11 is 0. The van der Waals surface area contributed by atoms with E-state index in [1.165, 1.54) is 24.1 Å². The highest BCUT2D eigenvalue weighted by atomic mass is 19.1. The zero-order chi connectivity index (χ0) is 30.5. The number of amides is 2. The van der Waals surface area contributed by atoms with Crippen molar-refractivity contribution >= 4 is 35.0 Å². The molecule has 43 heavy (non-hydrogen) atoms. The minimum absolute atomic E-state index is 0.0654. The van der Waals surface area contributed by atoms with Crippen LogP contribution in [-0.2, 0) is 4.79 Å². The van der Waals surface area contributed by atoms with Crippen molar-refractivity contribution in [3.05, 3.63) is 102 Å². The lowest BCUT2D eigenvalue weighted by molar-refractivity contribution is -0.117. The number of pyridine rings is 1. The molecular formula is C32H30F2N6O3. The van der Waals surface area contributed by atoms with E-state index in [4.69, 9.17) is 10.5 Å². The van der Waals surface area contributed by atoms with Gasteiger partial charge in [0.2, 0.25) is 5.91 Å². The molecule has 0 spiro atoms. The van der Waals surface area contributed by atoms with Crippen LogP contribution in [0.3, 0.4) is 0 Å². The summed E-state index contributed by atoms with van der Waals surface area (Å²) in [6.07, 6.45) is 0.685. The minimum atomic E-state index is -0.977. The first kappa shape index (κ1) is 29.2. The van der Waals surface area contributed by atoms with Gasteiger partial charge < -0.3 is 26.0 Å². The molecule has 9 nitrogen and oxygen atoms in total. The highest BCUT2D eigenvalue weighted by Crippen LogP contribution is 2.28. The van der Waals surface area contributed by atoms with E-state index in [0.29, 0.717) is 28.5 Å². The summed E-state index contributed by atoms with van der Waals surface area (Å²) in [5, 5.41) is 5.84. The zero-order valence-electron chi connectivity index (χ0n) is 23.6. The number of alkyl halides is 1. The first-order valence-electron chi connectivity index (χ1n) is 13.6. The summed E-state index contributed by atoms with van der Waals surface area (Å²) in [4.78, 5) is 35.2. The van der Waals surface area contributed by atoms with Gasteiger partial charge in [-0.3, -0.25) is 9.59 Å². The van der Waals surface area contributed by atoms with E-state index in [9.17, 15) is 18.4 Å². The Morgan fingerprint density at radius 2 is 1.70 bits per heavy atom. The van der Waals surface area contributed by atoms with Gasteiger partial charge in [-0.05, 0) is 72.6 Å².